The van der Waals surface area contributed by atoms with Crippen LogP contribution in [0.25, 0.3) is 0 Å². The van der Waals surface area contributed by atoms with Crippen molar-refractivity contribution in [2.45, 2.75) is 13.3 Å². The van der Waals surface area contributed by atoms with Crippen LogP contribution in [0.15, 0.2) is 0 Å². The first-order valence-electron chi connectivity index (χ1n) is 4.76. The van der Waals surface area contributed by atoms with E-state index < -0.39 is 10.0 Å². The highest BCUT2D eigenvalue weighted by atomic mass is 32.2. The van der Waals surface area contributed by atoms with E-state index in [9.17, 15) is 13.2 Å². The number of nitrogens with one attached hydrogen (secondary N) is 2. The molecule has 0 aromatic heterocycles. The summed E-state index contributed by atoms with van der Waals surface area (Å²) in [6, 6.07) is 0. The second kappa shape index (κ2) is 6.76. The monoisotopic (exact) mass is 237 g/mol. The van der Waals surface area contributed by atoms with Gasteiger partial charge in [-0.05, 0) is 12.5 Å². The zero-order valence-electron chi connectivity index (χ0n) is 9.12. The summed E-state index contributed by atoms with van der Waals surface area (Å²) in [5.41, 5.74) is 5.36. The van der Waals surface area contributed by atoms with Crippen molar-refractivity contribution in [1.29, 1.82) is 0 Å². The third-order valence-electron chi connectivity index (χ3n) is 1.75. The van der Waals surface area contributed by atoms with Gasteiger partial charge in [0.1, 0.15) is 0 Å². The lowest BCUT2D eigenvalue weighted by atomic mass is 10.1. The molecule has 0 radical (unpaired) electrons. The van der Waals surface area contributed by atoms with Gasteiger partial charge in [-0.2, -0.15) is 0 Å². The number of amides is 1. The normalized spacial score (nSPS) is 13.5. The van der Waals surface area contributed by atoms with Crippen molar-refractivity contribution in [3.05, 3.63) is 0 Å². The first-order valence-corrected chi connectivity index (χ1v) is 6.65. The van der Waals surface area contributed by atoms with Crippen molar-refractivity contribution in [2.75, 3.05) is 25.9 Å². The van der Waals surface area contributed by atoms with Gasteiger partial charge in [0.05, 0.1) is 6.26 Å². The first-order chi connectivity index (χ1) is 6.85. The van der Waals surface area contributed by atoms with Crippen molar-refractivity contribution >= 4 is 15.9 Å². The SMILES string of the molecule is CC(CN)CC(=O)NCCNS(C)(=O)=O. The summed E-state index contributed by atoms with van der Waals surface area (Å²) in [7, 11) is -3.17. The lowest BCUT2D eigenvalue weighted by Crippen LogP contribution is -2.35. The highest BCUT2D eigenvalue weighted by Gasteiger charge is 2.06. The number of carbonyl (C=O) groups is 1. The fourth-order valence-electron chi connectivity index (χ4n) is 0.910. The summed E-state index contributed by atoms with van der Waals surface area (Å²) in [4.78, 5) is 11.2. The quantitative estimate of drug-likeness (QED) is 0.476. The smallest absolute Gasteiger partial charge is 0.220 e. The second-order valence-electron chi connectivity index (χ2n) is 3.56. The van der Waals surface area contributed by atoms with Crippen LogP contribution >= 0.6 is 0 Å². The van der Waals surface area contributed by atoms with Crippen LogP contribution in [0.1, 0.15) is 13.3 Å². The minimum Gasteiger partial charge on any atom is -0.355 e. The average Bonchev–Trinajstić information content (AvgIpc) is 2.11. The predicted octanol–water partition coefficient (Wildman–Crippen LogP) is -1.36. The molecule has 1 amide bonds. The van der Waals surface area contributed by atoms with Crippen LogP contribution in [0.5, 0.6) is 0 Å². The fourth-order valence-corrected chi connectivity index (χ4v) is 1.38. The van der Waals surface area contributed by atoms with Gasteiger partial charge in [0.15, 0.2) is 0 Å². The molecule has 0 saturated heterocycles. The van der Waals surface area contributed by atoms with Crippen LogP contribution in [-0.4, -0.2) is 40.2 Å². The van der Waals surface area contributed by atoms with Gasteiger partial charge in [0, 0.05) is 19.5 Å². The van der Waals surface area contributed by atoms with Crippen molar-refractivity contribution < 1.29 is 13.2 Å². The Hall–Kier alpha value is -0.660. The average molecular weight is 237 g/mol. The Morgan fingerprint density at radius 2 is 2.00 bits per heavy atom. The van der Waals surface area contributed by atoms with Crippen molar-refractivity contribution in [2.24, 2.45) is 11.7 Å². The second-order valence-corrected chi connectivity index (χ2v) is 5.39. The molecule has 0 fully saturated rings. The molecule has 0 bridgehead atoms. The van der Waals surface area contributed by atoms with Crippen LogP contribution in [0.3, 0.4) is 0 Å². The van der Waals surface area contributed by atoms with Crippen molar-refractivity contribution in [3.63, 3.8) is 0 Å². The Kier molecular flexibility index (Phi) is 6.46. The minimum absolute atomic E-state index is 0.108. The number of hydrogen-bond acceptors (Lipinski definition) is 4. The van der Waals surface area contributed by atoms with Gasteiger partial charge in [-0.1, -0.05) is 6.92 Å². The Morgan fingerprint density at radius 3 is 2.47 bits per heavy atom. The van der Waals surface area contributed by atoms with E-state index in [0.717, 1.165) is 6.26 Å². The van der Waals surface area contributed by atoms with E-state index in [-0.39, 0.29) is 18.4 Å². The topological polar surface area (TPSA) is 101 Å². The predicted molar refractivity (Wildman–Crippen MR) is 58.7 cm³/mol. The van der Waals surface area contributed by atoms with Gasteiger partial charge < -0.3 is 11.1 Å². The lowest BCUT2D eigenvalue weighted by Gasteiger charge is -2.09. The molecule has 0 rings (SSSR count). The molecule has 1 unspecified atom stereocenters. The third-order valence-corrected chi connectivity index (χ3v) is 2.48. The molecule has 0 aromatic rings. The molecule has 0 aliphatic carbocycles. The number of hydrogen-bond donors (Lipinski definition) is 3. The molecular weight excluding hydrogens is 218 g/mol. The minimum atomic E-state index is -3.17. The van der Waals surface area contributed by atoms with Crippen LogP contribution in [0, 0.1) is 5.92 Å². The van der Waals surface area contributed by atoms with Crippen molar-refractivity contribution in [3.8, 4) is 0 Å². The number of carbonyl (C=O) groups excluding carboxylic acids is 1. The molecule has 90 valence electrons. The number of rotatable bonds is 7. The van der Waals surface area contributed by atoms with E-state index in [2.05, 4.69) is 10.0 Å². The largest absolute Gasteiger partial charge is 0.355 e. The van der Waals surface area contributed by atoms with E-state index in [4.69, 9.17) is 5.73 Å². The fraction of sp³-hybridized carbons (Fsp3) is 0.875. The summed E-state index contributed by atoms with van der Waals surface area (Å²) >= 11 is 0. The third kappa shape index (κ3) is 9.64. The highest BCUT2D eigenvalue weighted by Crippen LogP contribution is 1.97. The van der Waals surface area contributed by atoms with Crippen LogP contribution < -0.4 is 15.8 Å². The van der Waals surface area contributed by atoms with Crippen molar-refractivity contribution in [1.82, 2.24) is 10.0 Å². The maximum absolute atomic E-state index is 11.2. The van der Waals surface area contributed by atoms with Gasteiger partial charge in [-0.3, -0.25) is 4.79 Å². The Morgan fingerprint density at radius 1 is 1.40 bits per heavy atom. The zero-order chi connectivity index (χ0) is 11.9. The van der Waals surface area contributed by atoms with E-state index >= 15 is 0 Å². The summed E-state index contributed by atoms with van der Waals surface area (Å²) in [5, 5.41) is 2.60. The number of nitrogens with two attached hydrogens (primary N) is 1. The molecular formula is C8H19N3O3S. The molecule has 0 saturated carbocycles. The maximum atomic E-state index is 11.2. The summed E-state index contributed by atoms with van der Waals surface area (Å²) in [6.07, 6.45) is 1.45. The summed E-state index contributed by atoms with van der Waals surface area (Å²) in [5.74, 6) is 0.0381. The number of sulfonamides is 1. The van der Waals surface area contributed by atoms with E-state index in [1.807, 2.05) is 6.92 Å². The molecule has 0 spiro atoms. The summed E-state index contributed by atoms with van der Waals surface area (Å²) in [6.45, 7) is 2.86. The van der Waals surface area contributed by atoms with Crippen LogP contribution in [-0.2, 0) is 14.8 Å². The maximum Gasteiger partial charge on any atom is 0.220 e. The lowest BCUT2D eigenvalue weighted by molar-refractivity contribution is -0.121. The molecule has 0 aromatic carbocycles. The zero-order valence-corrected chi connectivity index (χ0v) is 9.93. The van der Waals surface area contributed by atoms with Gasteiger partial charge in [0.2, 0.25) is 15.9 Å². The van der Waals surface area contributed by atoms with Crippen LogP contribution in [0.2, 0.25) is 0 Å². The van der Waals surface area contributed by atoms with E-state index in [0.29, 0.717) is 19.5 Å². The van der Waals surface area contributed by atoms with E-state index in [1.165, 1.54) is 0 Å². The Bertz CT molecular complexity index is 290. The molecule has 4 N–H and O–H groups in total. The Balaban J connectivity index is 3.56. The Labute approximate surface area is 90.7 Å². The molecule has 0 heterocycles. The molecule has 7 heteroatoms. The molecule has 15 heavy (non-hydrogen) atoms. The van der Waals surface area contributed by atoms with Gasteiger partial charge in [-0.25, -0.2) is 13.1 Å². The molecule has 0 aliphatic rings. The highest BCUT2D eigenvalue weighted by molar-refractivity contribution is 7.88. The molecule has 0 aliphatic heterocycles. The first kappa shape index (κ1) is 14.3. The van der Waals surface area contributed by atoms with Crippen LogP contribution in [0.4, 0.5) is 0 Å². The van der Waals surface area contributed by atoms with Gasteiger partial charge in [0.25, 0.3) is 0 Å². The summed E-state index contributed by atoms with van der Waals surface area (Å²) < 4.78 is 23.6. The van der Waals surface area contributed by atoms with Gasteiger partial charge in [-0.15, -0.1) is 0 Å². The molecule has 6 nitrogen and oxygen atoms in total. The standard InChI is InChI=1S/C8H19N3O3S/c1-7(6-9)5-8(12)10-3-4-11-15(2,13)14/h7,11H,3-6,9H2,1-2H3,(H,10,12). The van der Waals surface area contributed by atoms with Gasteiger partial charge >= 0.3 is 0 Å². The molecule has 1 atom stereocenters. The van der Waals surface area contributed by atoms with E-state index in [1.54, 1.807) is 0 Å².